The van der Waals surface area contributed by atoms with Crippen LogP contribution in [0.15, 0.2) is 42.6 Å². The lowest BCUT2D eigenvalue weighted by Crippen LogP contribution is -2.23. The third-order valence-electron chi connectivity index (χ3n) is 5.61. The van der Waals surface area contributed by atoms with Crippen LogP contribution in [0.3, 0.4) is 0 Å². The van der Waals surface area contributed by atoms with Crippen molar-refractivity contribution in [1.29, 1.82) is 0 Å². The Bertz CT molecular complexity index is 1090. The molecule has 0 saturated heterocycles. The van der Waals surface area contributed by atoms with Crippen molar-refractivity contribution in [3.05, 3.63) is 59.3 Å². The van der Waals surface area contributed by atoms with Crippen molar-refractivity contribution >= 4 is 33.9 Å². The number of aryl methyl sites for hydroxylation is 1. The molecule has 0 unspecified atom stereocenters. The second kappa shape index (κ2) is 8.32. The van der Waals surface area contributed by atoms with Gasteiger partial charge in [-0.1, -0.05) is 6.07 Å². The number of carbonyl (C=O) groups is 1. The van der Waals surface area contributed by atoms with E-state index in [9.17, 15) is 4.79 Å². The number of anilines is 3. The Labute approximate surface area is 177 Å². The number of benzene rings is 2. The molecule has 4 rings (SSSR count). The number of nitrogens with two attached hydrogens (primary N) is 1. The summed E-state index contributed by atoms with van der Waals surface area (Å²) >= 11 is 0. The Morgan fingerprint density at radius 3 is 2.80 bits per heavy atom. The number of carbonyl (C=O) groups excluding carboxylic acids is 1. The molecule has 1 amide bonds. The van der Waals surface area contributed by atoms with Crippen LogP contribution in [0.4, 0.5) is 17.1 Å². The van der Waals surface area contributed by atoms with E-state index in [0.717, 1.165) is 23.0 Å². The average Bonchev–Trinajstić information content (AvgIpc) is 3.58. The molecule has 2 aromatic carbocycles. The van der Waals surface area contributed by atoms with Gasteiger partial charge >= 0.3 is 0 Å². The molecule has 1 fully saturated rings. The summed E-state index contributed by atoms with van der Waals surface area (Å²) in [7, 11) is 3.80. The molecule has 1 saturated carbocycles. The van der Waals surface area contributed by atoms with Crippen LogP contribution in [-0.2, 0) is 4.74 Å². The van der Waals surface area contributed by atoms with Gasteiger partial charge in [0.1, 0.15) is 0 Å². The van der Waals surface area contributed by atoms with Crippen LogP contribution in [-0.4, -0.2) is 38.2 Å². The normalized spacial score (nSPS) is 13.4. The van der Waals surface area contributed by atoms with Gasteiger partial charge in [0.25, 0.3) is 5.91 Å². The van der Waals surface area contributed by atoms with Crippen molar-refractivity contribution in [3.63, 3.8) is 0 Å². The van der Waals surface area contributed by atoms with E-state index in [0.29, 0.717) is 29.5 Å². The Balaban J connectivity index is 1.65. The number of nitrogens with one attached hydrogen (secondary N) is 1. The largest absolute Gasteiger partial charge is 0.397 e. The highest BCUT2D eigenvalue weighted by molar-refractivity contribution is 6.07. The molecule has 156 valence electrons. The first kappa shape index (κ1) is 20.2. The maximum absolute atomic E-state index is 12.8. The second-order valence-electron chi connectivity index (χ2n) is 8.06. The van der Waals surface area contributed by atoms with Gasteiger partial charge in [0, 0.05) is 38.0 Å². The third kappa shape index (κ3) is 4.24. The summed E-state index contributed by atoms with van der Waals surface area (Å²) in [6.07, 6.45) is 4.03. The molecule has 3 N–H and O–H groups in total. The third-order valence-corrected chi connectivity index (χ3v) is 5.61. The maximum atomic E-state index is 12.8. The van der Waals surface area contributed by atoms with Gasteiger partial charge in [0.2, 0.25) is 0 Å². The van der Waals surface area contributed by atoms with Gasteiger partial charge < -0.3 is 20.7 Å². The smallest absolute Gasteiger partial charge is 0.257 e. The molecule has 6 heteroatoms. The summed E-state index contributed by atoms with van der Waals surface area (Å²) in [6, 6.07) is 11.8. The number of pyridine rings is 1. The van der Waals surface area contributed by atoms with Gasteiger partial charge in [-0.15, -0.1) is 0 Å². The van der Waals surface area contributed by atoms with Crippen molar-refractivity contribution in [2.75, 3.05) is 43.3 Å². The molecule has 1 aliphatic carbocycles. The molecule has 0 bridgehead atoms. The number of ether oxygens (including phenoxy) is 1. The van der Waals surface area contributed by atoms with Crippen molar-refractivity contribution in [3.8, 4) is 0 Å². The first-order valence-corrected chi connectivity index (χ1v) is 10.3. The number of methoxy groups -OCH3 is 1. The minimum atomic E-state index is -0.212. The van der Waals surface area contributed by atoms with E-state index in [-0.39, 0.29) is 5.91 Å². The van der Waals surface area contributed by atoms with Gasteiger partial charge in [0.15, 0.2) is 0 Å². The Morgan fingerprint density at radius 1 is 1.27 bits per heavy atom. The first-order chi connectivity index (χ1) is 14.5. The summed E-state index contributed by atoms with van der Waals surface area (Å²) in [5.41, 5.74) is 12.1. The molecule has 3 aromatic rings. The maximum Gasteiger partial charge on any atom is 0.257 e. The minimum absolute atomic E-state index is 0.212. The zero-order chi connectivity index (χ0) is 21.3. The predicted octanol–water partition coefficient (Wildman–Crippen LogP) is 4.34. The van der Waals surface area contributed by atoms with Crippen LogP contribution in [0, 0.1) is 6.92 Å². The molecular weight excluding hydrogens is 376 g/mol. The van der Waals surface area contributed by atoms with E-state index >= 15 is 0 Å². The Morgan fingerprint density at radius 2 is 2.07 bits per heavy atom. The molecule has 0 radical (unpaired) electrons. The second-order valence-corrected chi connectivity index (χ2v) is 8.06. The standard InChI is InChI=1S/C24H28N4O2/c1-15-4-7-20(25)22(10-15)27-24(29)18-11-17-12-19(16-5-6-16)23(13-21(17)26-14-18)28(2)8-9-30-3/h4,7,10-14,16H,5-6,8-9,25H2,1-3H3,(H,27,29). The van der Waals surface area contributed by atoms with E-state index in [1.807, 2.05) is 25.1 Å². The fourth-order valence-electron chi connectivity index (χ4n) is 3.68. The van der Waals surface area contributed by atoms with Crippen molar-refractivity contribution in [2.24, 2.45) is 0 Å². The number of nitrogens with zero attached hydrogens (tertiary/aromatic N) is 2. The molecule has 0 spiro atoms. The molecule has 1 aromatic heterocycles. The molecule has 1 heterocycles. The van der Waals surface area contributed by atoms with Gasteiger partial charge in [0.05, 0.1) is 29.1 Å². The fourth-order valence-corrected chi connectivity index (χ4v) is 3.68. The topological polar surface area (TPSA) is 80.5 Å². The molecule has 0 atom stereocenters. The van der Waals surface area contributed by atoms with E-state index in [2.05, 4.69) is 34.4 Å². The molecule has 30 heavy (non-hydrogen) atoms. The first-order valence-electron chi connectivity index (χ1n) is 10.3. The van der Waals surface area contributed by atoms with Gasteiger partial charge in [-0.2, -0.15) is 0 Å². The fraction of sp³-hybridized carbons (Fsp3) is 0.333. The number of likely N-dealkylation sites (N-methyl/N-ethyl adjacent to an activating group) is 1. The van der Waals surface area contributed by atoms with E-state index < -0.39 is 0 Å². The van der Waals surface area contributed by atoms with E-state index in [1.54, 1.807) is 19.4 Å². The number of rotatable bonds is 7. The van der Waals surface area contributed by atoms with Crippen LogP contribution in [0.1, 0.15) is 40.2 Å². The van der Waals surface area contributed by atoms with Gasteiger partial charge in [-0.3, -0.25) is 9.78 Å². The number of aromatic nitrogens is 1. The number of fused-ring (bicyclic) bond motifs is 1. The number of hydrogen-bond donors (Lipinski definition) is 2. The van der Waals surface area contributed by atoms with Crippen molar-refractivity contribution in [1.82, 2.24) is 4.98 Å². The van der Waals surface area contributed by atoms with E-state index in [1.165, 1.54) is 24.1 Å². The van der Waals surface area contributed by atoms with Crippen LogP contribution in [0.25, 0.3) is 10.9 Å². The monoisotopic (exact) mass is 404 g/mol. The number of amides is 1. The van der Waals surface area contributed by atoms with Gasteiger partial charge in [-0.25, -0.2) is 0 Å². The summed E-state index contributed by atoms with van der Waals surface area (Å²) in [4.78, 5) is 19.6. The molecular formula is C24H28N4O2. The molecule has 0 aliphatic heterocycles. The summed E-state index contributed by atoms with van der Waals surface area (Å²) in [5.74, 6) is 0.370. The zero-order valence-corrected chi connectivity index (χ0v) is 17.7. The highest BCUT2D eigenvalue weighted by Gasteiger charge is 2.28. The average molecular weight is 405 g/mol. The summed E-state index contributed by atoms with van der Waals surface area (Å²) < 4.78 is 5.23. The van der Waals surface area contributed by atoms with Crippen molar-refractivity contribution in [2.45, 2.75) is 25.7 Å². The predicted molar refractivity (Wildman–Crippen MR) is 122 cm³/mol. The Hall–Kier alpha value is -3.12. The van der Waals surface area contributed by atoms with Crippen LogP contribution < -0.4 is 16.0 Å². The highest BCUT2D eigenvalue weighted by atomic mass is 16.5. The van der Waals surface area contributed by atoms with E-state index in [4.69, 9.17) is 10.5 Å². The summed E-state index contributed by atoms with van der Waals surface area (Å²) in [6.45, 7) is 3.46. The van der Waals surface area contributed by atoms with Crippen molar-refractivity contribution < 1.29 is 9.53 Å². The lowest BCUT2D eigenvalue weighted by molar-refractivity contribution is 0.102. The SMILES string of the molecule is COCCN(C)c1cc2ncc(C(=O)Nc3cc(C)ccc3N)cc2cc1C1CC1. The van der Waals surface area contributed by atoms with Gasteiger partial charge in [-0.05, 0) is 67.1 Å². The number of hydrogen-bond acceptors (Lipinski definition) is 5. The molecule has 6 nitrogen and oxygen atoms in total. The lowest BCUT2D eigenvalue weighted by atomic mass is 10.0. The zero-order valence-electron chi connectivity index (χ0n) is 17.7. The molecule has 1 aliphatic rings. The quantitative estimate of drug-likeness (QED) is 0.573. The number of nitrogen functional groups attached to an aromatic ring is 1. The highest BCUT2D eigenvalue weighted by Crippen LogP contribution is 2.45. The Kier molecular flexibility index (Phi) is 5.59. The van der Waals surface area contributed by atoms with Crippen LogP contribution >= 0.6 is 0 Å². The lowest BCUT2D eigenvalue weighted by Gasteiger charge is -2.23. The van der Waals surface area contributed by atoms with Crippen LogP contribution in [0.2, 0.25) is 0 Å². The minimum Gasteiger partial charge on any atom is -0.397 e. The van der Waals surface area contributed by atoms with Crippen LogP contribution in [0.5, 0.6) is 0 Å². The summed E-state index contributed by atoms with van der Waals surface area (Å²) in [5, 5.41) is 3.89.